The molecule has 2 N–H and O–H groups in total. The van der Waals surface area contributed by atoms with Crippen LogP contribution >= 0.6 is 0 Å². The average molecular weight is 503 g/mol. The van der Waals surface area contributed by atoms with Crippen LogP contribution in [-0.2, 0) is 21.9 Å². The number of halogens is 6. The second kappa shape index (κ2) is 9.42. The molecule has 35 heavy (non-hydrogen) atoms. The minimum Gasteiger partial charge on any atom is -0.394 e. The Hall–Kier alpha value is -3.25. The number of β-amino-alcohol motifs (C(OH)–C–C–N with tert-alkyl or cyclic N) is 1. The highest BCUT2D eigenvalue weighted by atomic mass is 19.4. The number of ketones is 2. The molecule has 0 spiro atoms. The number of carbonyl (C=O) groups excluding carboxylic acids is 3. The Morgan fingerprint density at radius 2 is 1.49 bits per heavy atom. The van der Waals surface area contributed by atoms with Crippen LogP contribution in [0.4, 0.5) is 26.3 Å². The molecule has 3 rings (SSSR count). The molecule has 1 fully saturated rings. The van der Waals surface area contributed by atoms with Gasteiger partial charge in [-0.25, -0.2) is 0 Å². The predicted molar refractivity (Wildman–Crippen MR) is 108 cm³/mol. The van der Waals surface area contributed by atoms with E-state index in [-0.39, 0.29) is 11.6 Å². The summed E-state index contributed by atoms with van der Waals surface area (Å²) in [4.78, 5) is 39.2. The highest BCUT2D eigenvalue weighted by Crippen LogP contribution is 2.43. The molecule has 1 amide bonds. The molecule has 1 saturated heterocycles. The maximum Gasteiger partial charge on any atom is 0.416 e. The smallest absolute Gasteiger partial charge is 0.394 e. The van der Waals surface area contributed by atoms with Crippen LogP contribution < -0.4 is 0 Å². The van der Waals surface area contributed by atoms with E-state index in [1.165, 1.54) is 24.3 Å². The minimum absolute atomic E-state index is 0.0840. The van der Waals surface area contributed by atoms with Crippen molar-refractivity contribution in [2.45, 2.75) is 31.4 Å². The van der Waals surface area contributed by atoms with Gasteiger partial charge in [0.2, 0.25) is 5.78 Å². The lowest BCUT2D eigenvalue weighted by atomic mass is 9.85. The van der Waals surface area contributed by atoms with Crippen molar-refractivity contribution in [3.05, 3.63) is 70.3 Å². The Morgan fingerprint density at radius 1 is 0.971 bits per heavy atom. The number of carbonyl (C=O) groups is 3. The second-order valence-corrected chi connectivity index (χ2v) is 8.15. The van der Waals surface area contributed by atoms with Gasteiger partial charge in [-0.15, -0.1) is 0 Å². The van der Waals surface area contributed by atoms with Gasteiger partial charge in [0, 0.05) is 12.1 Å². The van der Waals surface area contributed by atoms with Gasteiger partial charge in [0.25, 0.3) is 5.91 Å². The zero-order valence-corrected chi connectivity index (χ0v) is 18.0. The number of likely N-dealkylation sites (tertiary alicyclic amines) is 1. The molecule has 12 heteroatoms. The van der Waals surface area contributed by atoms with Gasteiger partial charge in [-0.05, 0) is 30.7 Å². The molecule has 3 atom stereocenters. The fourth-order valence-corrected chi connectivity index (χ4v) is 3.89. The highest BCUT2D eigenvalue weighted by molar-refractivity contribution is 6.44. The number of hydrogen-bond donors (Lipinski definition) is 2. The summed E-state index contributed by atoms with van der Waals surface area (Å²) in [5, 5.41) is 19.0. The summed E-state index contributed by atoms with van der Waals surface area (Å²) in [6.45, 7) is -0.0285. The van der Waals surface area contributed by atoms with Gasteiger partial charge in [0.1, 0.15) is 5.92 Å². The number of aliphatic hydroxyl groups is 2. The molecule has 0 saturated carbocycles. The third-order valence-corrected chi connectivity index (χ3v) is 5.59. The van der Waals surface area contributed by atoms with Gasteiger partial charge in [0.05, 0.1) is 29.9 Å². The molecule has 2 aromatic carbocycles. The number of hydrogen-bond acceptors (Lipinski definition) is 5. The molecule has 188 valence electrons. The molecule has 1 aliphatic heterocycles. The first-order chi connectivity index (χ1) is 16.1. The Labute approximate surface area is 194 Å². The maximum absolute atomic E-state index is 13.4. The summed E-state index contributed by atoms with van der Waals surface area (Å²) < 4.78 is 80.7. The number of benzene rings is 2. The van der Waals surface area contributed by atoms with Crippen molar-refractivity contribution in [3.8, 4) is 0 Å². The monoisotopic (exact) mass is 503 g/mol. The van der Waals surface area contributed by atoms with Crippen molar-refractivity contribution in [2.24, 2.45) is 5.92 Å². The van der Waals surface area contributed by atoms with Crippen LogP contribution in [-0.4, -0.2) is 51.8 Å². The van der Waals surface area contributed by atoms with Crippen LogP contribution in [0.2, 0.25) is 0 Å². The SMILES string of the molecule is Cc1ccc(C(=O)C2C(=O)C(=O)N(CC(O)CO)C2c2cc(C(F)(F)F)cc(C(F)(F)F)c2)cc1. The van der Waals surface area contributed by atoms with Crippen LogP contribution in [0.3, 0.4) is 0 Å². The largest absolute Gasteiger partial charge is 0.416 e. The first-order valence-electron chi connectivity index (χ1n) is 10.2. The molecule has 1 aliphatic rings. The summed E-state index contributed by atoms with van der Waals surface area (Å²) in [6, 6.07) is 4.29. The number of nitrogens with zero attached hydrogens (tertiary/aromatic N) is 1. The van der Waals surface area contributed by atoms with E-state index in [2.05, 4.69) is 0 Å². The van der Waals surface area contributed by atoms with Gasteiger partial charge >= 0.3 is 12.4 Å². The van der Waals surface area contributed by atoms with Gasteiger partial charge < -0.3 is 15.1 Å². The second-order valence-electron chi connectivity index (χ2n) is 8.15. The Bertz CT molecular complexity index is 1110. The topological polar surface area (TPSA) is 94.9 Å². The Balaban J connectivity index is 2.24. The molecule has 0 aromatic heterocycles. The quantitative estimate of drug-likeness (QED) is 0.273. The zero-order valence-electron chi connectivity index (χ0n) is 18.0. The van der Waals surface area contributed by atoms with Crippen LogP contribution in [0.5, 0.6) is 0 Å². The summed E-state index contributed by atoms with van der Waals surface area (Å²) in [6.07, 6.45) is -12.1. The van der Waals surface area contributed by atoms with E-state index in [0.29, 0.717) is 17.0 Å². The number of Topliss-reactive ketones (excluding diaryl/α,β-unsaturated/α-hetero) is 2. The van der Waals surface area contributed by atoms with E-state index < -0.39 is 77.7 Å². The van der Waals surface area contributed by atoms with E-state index >= 15 is 0 Å². The number of amides is 1. The minimum atomic E-state index is -5.21. The number of rotatable bonds is 6. The molecule has 1 heterocycles. The van der Waals surface area contributed by atoms with Crippen molar-refractivity contribution < 1.29 is 50.9 Å². The lowest BCUT2D eigenvalue weighted by Crippen LogP contribution is -2.38. The van der Waals surface area contributed by atoms with Crippen LogP contribution in [0.1, 0.15) is 38.7 Å². The van der Waals surface area contributed by atoms with E-state index in [0.717, 1.165) is 5.56 Å². The van der Waals surface area contributed by atoms with E-state index in [4.69, 9.17) is 5.11 Å². The summed E-state index contributed by atoms with van der Waals surface area (Å²) in [7, 11) is 0. The van der Waals surface area contributed by atoms with Crippen LogP contribution in [0, 0.1) is 12.8 Å². The van der Waals surface area contributed by atoms with E-state index in [1.54, 1.807) is 6.92 Å². The molecule has 0 bridgehead atoms. The number of aliphatic hydroxyl groups excluding tert-OH is 2. The van der Waals surface area contributed by atoms with Gasteiger partial charge in [0.15, 0.2) is 5.78 Å². The van der Waals surface area contributed by atoms with Crippen molar-refractivity contribution in [1.82, 2.24) is 4.90 Å². The van der Waals surface area contributed by atoms with Crippen molar-refractivity contribution in [1.29, 1.82) is 0 Å². The Morgan fingerprint density at radius 3 is 1.94 bits per heavy atom. The van der Waals surface area contributed by atoms with E-state index in [1.807, 2.05) is 0 Å². The third kappa shape index (κ3) is 5.38. The number of aryl methyl sites for hydroxylation is 1. The molecular weight excluding hydrogens is 484 g/mol. The zero-order chi connectivity index (χ0) is 26.3. The number of alkyl halides is 6. The van der Waals surface area contributed by atoms with Gasteiger partial charge in [-0.1, -0.05) is 29.8 Å². The first-order valence-corrected chi connectivity index (χ1v) is 10.2. The molecule has 0 aliphatic carbocycles. The molecule has 6 nitrogen and oxygen atoms in total. The fraction of sp³-hybridized carbons (Fsp3) is 0.348. The van der Waals surface area contributed by atoms with Crippen LogP contribution in [0.25, 0.3) is 0 Å². The lowest BCUT2D eigenvalue weighted by Gasteiger charge is -2.29. The maximum atomic E-state index is 13.4. The van der Waals surface area contributed by atoms with Crippen molar-refractivity contribution >= 4 is 17.5 Å². The van der Waals surface area contributed by atoms with Crippen molar-refractivity contribution in [3.63, 3.8) is 0 Å². The molecular formula is C23H19F6NO5. The Kier molecular flexibility index (Phi) is 7.09. The van der Waals surface area contributed by atoms with Crippen molar-refractivity contribution in [2.75, 3.05) is 13.2 Å². The molecule has 2 aromatic rings. The normalized spacial score (nSPS) is 19.9. The lowest BCUT2D eigenvalue weighted by molar-refractivity contribution is -0.143. The van der Waals surface area contributed by atoms with Gasteiger partial charge in [-0.3, -0.25) is 14.4 Å². The standard InChI is InChI=1S/C23H19F6NO5/c1-11-2-4-12(5-3-11)19(33)17-18(30(9-16(32)10-31)21(35)20(17)34)13-6-14(22(24,25)26)8-15(7-13)23(27,28)29/h2-8,16-18,31-32H,9-10H2,1H3. The highest BCUT2D eigenvalue weighted by Gasteiger charge is 2.52. The summed E-state index contributed by atoms with van der Waals surface area (Å²) in [5.41, 5.74) is -3.51. The molecule has 3 unspecified atom stereocenters. The van der Waals surface area contributed by atoms with Crippen LogP contribution in [0.15, 0.2) is 42.5 Å². The summed E-state index contributed by atoms with van der Waals surface area (Å²) >= 11 is 0. The predicted octanol–water partition coefficient (Wildman–Crippen LogP) is 3.34. The average Bonchev–Trinajstić information content (AvgIpc) is 3.02. The molecule has 0 radical (unpaired) electrons. The third-order valence-electron chi connectivity index (χ3n) is 5.59. The van der Waals surface area contributed by atoms with E-state index in [9.17, 15) is 45.8 Å². The summed E-state index contributed by atoms with van der Waals surface area (Å²) in [5.74, 6) is -5.68. The van der Waals surface area contributed by atoms with Gasteiger partial charge in [-0.2, -0.15) is 26.3 Å². The fourth-order valence-electron chi connectivity index (χ4n) is 3.89. The first kappa shape index (κ1) is 26.4.